The molecule has 1 aromatic heterocycles. The molecular formula is C18H13Cl6N3O. The van der Waals surface area contributed by atoms with Crippen molar-refractivity contribution in [3.8, 4) is 0 Å². The van der Waals surface area contributed by atoms with E-state index in [4.69, 9.17) is 74.0 Å². The summed E-state index contributed by atoms with van der Waals surface area (Å²) < 4.78 is 2.16. The minimum atomic E-state index is -1.87. The topological polar surface area (TPSA) is 49.9 Å². The first-order valence-electron chi connectivity index (χ1n) is 8.02. The average molecular weight is 500 g/mol. The van der Waals surface area contributed by atoms with E-state index in [-0.39, 0.29) is 11.7 Å². The van der Waals surface area contributed by atoms with Crippen molar-refractivity contribution in [1.29, 1.82) is 0 Å². The maximum absolute atomic E-state index is 5.90. The lowest BCUT2D eigenvalue weighted by Gasteiger charge is -2.23. The van der Waals surface area contributed by atoms with Gasteiger partial charge < -0.3 is 9.73 Å². The van der Waals surface area contributed by atoms with E-state index >= 15 is 0 Å². The molecule has 1 N–H and O–H groups in total. The number of furan rings is 1. The van der Waals surface area contributed by atoms with Crippen LogP contribution in [0, 0.1) is 0 Å². The van der Waals surface area contributed by atoms with Gasteiger partial charge in [-0.2, -0.15) is 0 Å². The zero-order valence-electron chi connectivity index (χ0n) is 14.1. The fourth-order valence-electron chi connectivity index (χ4n) is 2.40. The molecule has 148 valence electrons. The Morgan fingerprint density at radius 3 is 2.18 bits per heavy atom. The van der Waals surface area contributed by atoms with Gasteiger partial charge in [-0.05, 0) is 23.8 Å². The summed E-state index contributed by atoms with van der Waals surface area (Å²) in [6.45, 7) is 0. The van der Waals surface area contributed by atoms with E-state index in [2.05, 4.69) is 15.3 Å². The number of halogens is 6. The Morgan fingerprint density at radius 1 is 0.857 bits per heavy atom. The molecule has 0 saturated carbocycles. The maximum atomic E-state index is 5.90. The van der Waals surface area contributed by atoms with E-state index in [0.29, 0.717) is 18.7 Å². The van der Waals surface area contributed by atoms with Gasteiger partial charge in [-0.25, -0.2) is 9.98 Å². The van der Waals surface area contributed by atoms with Crippen molar-refractivity contribution in [1.82, 2.24) is 5.32 Å². The van der Waals surface area contributed by atoms with Gasteiger partial charge in [0.1, 0.15) is 17.3 Å². The molecule has 0 bridgehead atoms. The van der Waals surface area contributed by atoms with Crippen molar-refractivity contribution in [2.45, 2.75) is 20.4 Å². The molecule has 0 amide bonds. The molecule has 0 saturated heterocycles. The van der Waals surface area contributed by atoms with Crippen molar-refractivity contribution < 1.29 is 4.42 Å². The molecule has 2 aromatic rings. The zero-order chi connectivity index (χ0) is 20.4. The van der Waals surface area contributed by atoms with Crippen LogP contribution in [-0.4, -0.2) is 19.3 Å². The highest BCUT2D eigenvalue weighted by Gasteiger charge is 2.36. The van der Waals surface area contributed by atoms with E-state index < -0.39 is 7.59 Å². The number of allylic oxidation sites excluding steroid dienone is 1. The molecule has 28 heavy (non-hydrogen) atoms. The minimum Gasteiger partial charge on any atom is -0.465 e. The smallest absolute Gasteiger partial charge is 0.250 e. The number of alkyl halides is 6. The van der Waals surface area contributed by atoms with Gasteiger partial charge in [0.15, 0.2) is 11.7 Å². The number of hydrogen-bond acceptors (Lipinski definition) is 4. The molecule has 1 aliphatic heterocycles. The Kier molecular flexibility index (Phi) is 6.91. The Morgan fingerprint density at radius 2 is 1.54 bits per heavy atom. The van der Waals surface area contributed by atoms with Crippen LogP contribution in [0.15, 0.2) is 68.8 Å². The monoisotopic (exact) mass is 497 g/mol. The molecule has 0 fully saturated rings. The fraction of sp³-hybridized carbons (Fsp3) is 0.222. The van der Waals surface area contributed by atoms with Crippen molar-refractivity contribution in [3.05, 3.63) is 71.4 Å². The molecule has 0 unspecified atom stereocenters. The van der Waals surface area contributed by atoms with Crippen molar-refractivity contribution in [2.75, 3.05) is 0 Å². The number of benzene rings is 1. The third kappa shape index (κ3) is 6.06. The van der Waals surface area contributed by atoms with E-state index in [9.17, 15) is 0 Å². The number of rotatable bonds is 4. The Bertz CT molecular complexity index is 923. The first kappa shape index (κ1) is 21.8. The molecule has 1 aliphatic rings. The van der Waals surface area contributed by atoms with Crippen molar-refractivity contribution in [3.63, 3.8) is 0 Å². The molecule has 0 spiro atoms. The van der Waals surface area contributed by atoms with Crippen LogP contribution in [0.2, 0.25) is 0 Å². The van der Waals surface area contributed by atoms with Gasteiger partial charge in [0.25, 0.3) is 0 Å². The SMILES string of the molecule is ClC(Cl)(Cl)C1=NC(=CCc2ccc(Cc3ccccc3)o2)NC(C(Cl)(Cl)Cl)=N1. The second kappa shape index (κ2) is 8.86. The van der Waals surface area contributed by atoms with E-state index in [1.165, 1.54) is 0 Å². The molecular weight excluding hydrogens is 487 g/mol. The largest absolute Gasteiger partial charge is 0.465 e. The number of nitrogens with one attached hydrogen (secondary N) is 1. The van der Waals surface area contributed by atoms with Crippen LogP contribution in [0.5, 0.6) is 0 Å². The van der Waals surface area contributed by atoms with Crippen molar-refractivity contribution >= 4 is 81.3 Å². The molecule has 10 heteroatoms. The van der Waals surface area contributed by atoms with Gasteiger partial charge in [-0.3, -0.25) is 0 Å². The van der Waals surface area contributed by atoms with Crippen LogP contribution in [0.4, 0.5) is 0 Å². The highest BCUT2D eigenvalue weighted by Crippen LogP contribution is 2.34. The average Bonchev–Trinajstić information content (AvgIpc) is 3.06. The lowest BCUT2D eigenvalue weighted by Crippen LogP contribution is -2.39. The lowest BCUT2D eigenvalue weighted by molar-refractivity contribution is 0.483. The Labute approximate surface area is 192 Å². The summed E-state index contributed by atoms with van der Waals surface area (Å²) in [5, 5.41) is 2.82. The van der Waals surface area contributed by atoms with Crippen LogP contribution < -0.4 is 5.32 Å². The van der Waals surface area contributed by atoms with Gasteiger partial charge in [0.2, 0.25) is 7.59 Å². The highest BCUT2D eigenvalue weighted by atomic mass is 35.6. The van der Waals surface area contributed by atoms with E-state index in [0.717, 1.165) is 17.1 Å². The molecule has 4 nitrogen and oxygen atoms in total. The predicted octanol–water partition coefficient (Wildman–Crippen LogP) is 6.39. The van der Waals surface area contributed by atoms with E-state index in [1.807, 2.05) is 42.5 Å². The summed E-state index contributed by atoms with van der Waals surface area (Å²) in [6, 6.07) is 13.9. The second-order valence-corrected chi connectivity index (χ2v) is 10.4. The number of amidine groups is 2. The summed E-state index contributed by atoms with van der Waals surface area (Å²) >= 11 is 35.3. The Hall–Kier alpha value is -0.880. The minimum absolute atomic E-state index is 0.00992. The van der Waals surface area contributed by atoms with Crippen molar-refractivity contribution in [2.24, 2.45) is 9.98 Å². The quantitative estimate of drug-likeness (QED) is 0.495. The highest BCUT2D eigenvalue weighted by molar-refractivity contribution is 6.79. The zero-order valence-corrected chi connectivity index (χ0v) is 18.6. The van der Waals surface area contributed by atoms with Crippen LogP contribution in [0.25, 0.3) is 0 Å². The standard InChI is InChI=1S/C18H13Cl6N3O/c19-17(20,21)15-25-14(26-16(27-15)18(22,23)24)9-8-12-6-7-13(28-12)10-11-4-2-1-3-5-11/h1-7,9H,8,10H2,(H,25,26,27). The third-order valence-electron chi connectivity index (χ3n) is 3.65. The number of hydrogen-bond donors (Lipinski definition) is 1. The number of nitrogens with zero attached hydrogens (tertiary/aromatic N) is 2. The molecule has 3 rings (SSSR count). The van der Waals surface area contributed by atoms with Gasteiger partial charge in [0.05, 0.1) is 0 Å². The summed E-state index contributed by atoms with van der Waals surface area (Å²) in [4.78, 5) is 8.15. The lowest BCUT2D eigenvalue weighted by atomic mass is 10.1. The number of aliphatic imine (C=N–C) groups is 2. The van der Waals surface area contributed by atoms with Gasteiger partial charge >= 0.3 is 0 Å². The third-order valence-corrected chi connectivity index (χ3v) is 4.69. The molecule has 0 aliphatic carbocycles. The van der Waals surface area contributed by atoms with E-state index in [1.54, 1.807) is 6.08 Å². The van der Waals surface area contributed by atoms with Crippen LogP contribution in [0.3, 0.4) is 0 Å². The van der Waals surface area contributed by atoms with Gasteiger partial charge in [0, 0.05) is 12.8 Å². The van der Waals surface area contributed by atoms with Gasteiger partial charge in [-0.1, -0.05) is 99.9 Å². The summed E-state index contributed by atoms with van der Waals surface area (Å²) in [6.07, 6.45) is 2.86. The summed E-state index contributed by atoms with van der Waals surface area (Å²) in [7, 11) is 0. The predicted molar refractivity (Wildman–Crippen MR) is 118 cm³/mol. The fourth-order valence-corrected chi connectivity index (χ4v) is 2.92. The first-order chi connectivity index (χ1) is 13.1. The summed E-state index contributed by atoms with van der Waals surface area (Å²) in [5.41, 5.74) is 1.16. The molecule has 2 heterocycles. The van der Waals surface area contributed by atoms with Crippen LogP contribution in [-0.2, 0) is 12.8 Å². The molecule has 0 atom stereocenters. The van der Waals surface area contributed by atoms with Crippen LogP contribution >= 0.6 is 69.6 Å². The normalized spacial score (nSPS) is 16.6. The summed E-state index contributed by atoms with van der Waals surface area (Å²) in [5.74, 6) is 1.81. The first-order valence-corrected chi connectivity index (χ1v) is 10.3. The maximum Gasteiger partial charge on any atom is 0.250 e. The molecule has 0 radical (unpaired) electrons. The van der Waals surface area contributed by atoms with Crippen LogP contribution in [0.1, 0.15) is 17.1 Å². The second-order valence-electron chi connectivity index (χ2n) is 5.84. The Balaban J connectivity index is 1.75. The van der Waals surface area contributed by atoms with Gasteiger partial charge in [-0.15, -0.1) is 0 Å². The molecule has 1 aromatic carbocycles.